The van der Waals surface area contributed by atoms with Crippen molar-refractivity contribution >= 4 is 17.2 Å². The summed E-state index contributed by atoms with van der Waals surface area (Å²) < 4.78 is 5.81. The Kier molecular flexibility index (Phi) is 4.60. The van der Waals surface area contributed by atoms with Crippen LogP contribution in [0.25, 0.3) is 0 Å². The van der Waals surface area contributed by atoms with Gasteiger partial charge in [-0.25, -0.2) is 4.98 Å². The van der Waals surface area contributed by atoms with Crippen molar-refractivity contribution in [1.82, 2.24) is 14.8 Å². The fraction of sp³-hybridized carbons (Fsp3) is 0.444. The number of nitrogens with zero attached hydrogens (tertiary/aromatic N) is 3. The Labute approximate surface area is 145 Å². The van der Waals surface area contributed by atoms with E-state index in [0.29, 0.717) is 13.2 Å². The fourth-order valence-electron chi connectivity index (χ4n) is 3.39. The minimum atomic E-state index is -0.00590. The minimum Gasteiger partial charge on any atom is -0.368 e. The van der Waals surface area contributed by atoms with E-state index >= 15 is 0 Å². The van der Waals surface area contributed by atoms with Gasteiger partial charge in [-0.05, 0) is 17.5 Å². The number of rotatable bonds is 3. The van der Waals surface area contributed by atoms with E-state index in [-0.39, 0.29) is 12.0 Å². The van der Waals surface area contributed by atoms with E-state index in [9.17, 15) is 4.79 Å². The summed E-state index contributed by atoms with van der Waals surface area (Å²) in [6, 6.07) is 8.41. The first-order chi connectivity index (χ1) is 11.8. The van der Waals surface area contributed by atoms with Crippen LogP contribution in [0.15, 0.2) is 35.8 Å². The molecule has 0 saturated carbocycles. The number of thiazole rings is 1. The average Bonchev–Trinajstić information content (AvgIpc) is 3.16. The Morgan fingerprint density at radius 2 is 2.17 bits per heavy atom. The Balaban J connectivity index is 1.36. The highest BCUT2D eigenvalue weighted by Crippen LogP contribution is 2.24. The highest BCUT2D eigenvalue weighted by atomic mass is 32.1. The van der Waals surface area contributed by atoms with Crippen LogP contribution in [0.3, 0.4) is 0 Å². The summed E-state index contributed by atoms with van der Waals surface area (Å²) in [4.78, 5) is 21.2. The second kappa shape index (κ2) is 7.01. The predicted molar refractivity (Wildman–Crippen MR) is 92.8 cm³/mol. The highest BCUT2D eigenvalue weighted by Gasteiger charge is 2.27. The number of carbonyl (C=O) groups is 1. The Bertz CT molecular complexity index is 704. The smallest absolute Gasteiger partial charge is 0.237 e. The molecule has 0 spiro atoms. The fourth-order valence-corrected chi connectivity index (χ4v) is 4.07. The molecule has 3 heterocycles. The van der Waals surface area contributed by atoms with E-state index < -0.39 is 0 Å². The molecule has 0 unspecified atom stereocenters. The SMILES string of the molecule is O=C(CN1CCO[C@H](c2nccs2)C1)N1CCc2ccccc2C1. The third kappa shape index (κ3) is 3.36. The molecule has 2 aromatic rings. The van der Waals surface area contributed by atoms with E-state index in [4.69, 9.17) is 4.74 Å². The topological polar surface area (TPSA) is 45.7 Å². The molecule has 0 N–H and O–H groups in total. The van der Waals surface area contributed by atoms with Gasteiger partial charge in [0.1, 0.15) is 11.1 Å². The number of ether oxygens (including phenoxy) is 1. The number of amides is 1. The van der Waals surface area contributed by atoms with Gasteiger partial charge in [-0.1, -0.05) is 24.3 Å². The zero-order chi connectivity index (χ0) is 16.4. The Morgan fingerprint density at radius 3 is 3.00 bits per heavy atom. The van der Waals surface area contributed by atoms with Gasteiger partial charge in [0.15, 0.2) is 0 Å². The molecule has 5 nitrogen and oxygen atoms in total. The van der Waals surface area contributed by atoms with Crippen LogP contribution in [-0.2, 0) is 22.5 Å². The molecule has 1 aromatic heterocycles. The third-order valence-corrected chi connectivity index (χ3v) is 5.59. The quantitative estimate of drug-likeness (QED) is 0.856. The summed E-state index contributed by atoms with van der Waals surface area (Å²) in [7, 11) is 0. The van der Waals surface area contributed by atoms with E-state index in [0.717, 1.165) is 37.6 Å². The van der Waals surface area contributed by atoms with E-state index in [2.05, 4.69) is 28.1 Å². The van der Waals surface area contributed by atoms with Gasteiger partial charge in [0.2, 0.25) is 5.91 Å². The maximum absolute atomic E-state index is 12.7. The maximum Gasteiger partial charge on any atom is 0.237 e. The van der Waals surface area contributed by atoms with Crippen molar-refractivity contribution in [2.45, 2.75) is 19.1 Å². The van der Waals surface area contributed by atoms with Crippen LogP contribution in [0.1, 0.15) is 22.2 Å². The summed E-state index contributed by atoms with van der Waals surface area (Å²) in [5.41, 5.74) is 2.65. The van der Waals surface area contributed by atoms with Crippen molar-refractivity contribution in [3.05, 3.63) is 52.0 Å². The molecule has 1 amide bonds. The molecule has 0 radical (unpaired) electrons. The lowest BCUT2D eigenvalue weighted by Crippen LogP contribution is -2.46. The van der Waals surface area contributed by atoms with Gasteiger partial charge >= 0.3 is 0 Å². The molecule has 4 rings (SSSR count). The predicted octanol–water partition coefficient (Wildman–Crippen LogP) is 2.10. The molecule has 24 heavy (non-hydrogen) atoms. The number of carbonyl (C=O) groups excluding carboxylic acids is 1. The number of aromatic nitrogens is 1. The average molecular weight is 343 g/mol. The zero-order valence-electron chi connectivity index (χ0n) is 13.6. The number of morpholine rings is 1. The molecule has 1 atom stereocenters. The first-order valence-corrected chi connectivity index (χ1v) is 9.25. The summed E-state index contributed by atoms with van der Waals surface area (Å²) in [6.45, 7) is 4.21. The van der Waals surface area contributed by atoms with Gasteiger partial charge < -0.3 is 9.64 Å². The molecule has 0 bridgehead atoms. The van der Waals surface area contributed by atoms with Gasteiger partial charge in [0, 0.05) is 37.8 Å². The first-order valence-electron chi connectivity index (χ1n) is 8.37. The molecular weight excluding hydrogens is 322 g/mol. The second-order valence-electron chi connectivity index (χ2n) is 6.30. The van der Waals surface area contributed by atoms with Crippen molar-refractivity contribution in [1.29, 1.82) is 0 Å². The van der Waals surface area contributed by atoms with Gasteiger partial charge in [-0.3, -0.25) is 9.69 Å². The largest absolute Gasteiger partial charge is 0.368 e. The van der Waals surface area contributed by atoms with Gasteiger partial charge in [-0.15, -0.1) is 11.3 Å². The summed E-state index contributed by atoms with van der Waals surface area (Å²) in [6.07, 6.45) is 2.75. The number of benzene rings is 1. The monoisotopic (exact) mass is 343 g/mol. The van der Waals surface area contributed by atoms with Crippen LogP contribution < -0.4 is 0 Å². The van der Waals surface area contributed by atoms with Gasteiger partial charge in [0.05, 0.1) is 13.2 Å². The van der Waals surface area contributed by atoms with Gasteiger partial charge in [-0.2, -0.15) is 0 Å². The van der Waals surface area contributed by atoms with Crippen LogP contribution in [-0.4, -0.2) is 53.5 Å². The molecule has 1 fully saturated rings. The molecule has 6 heteroatoms. The normalized spacial score (nSPS) is 21.5. The Morgan fingerprint density at radius 1 is 1.29 bits per heavy atom. The van der Waals surface area contributed by atoms with Crippen LogP contribution in [0.2, 0.25) is 0 Å². The molecule has 0 aliphatic carbocycles. The molecule has 1 aromatic carbocycles. The van der Waals surface area contributed by atoms with Crippen LogP contribution in [0, 0.1) is 0 Å². The number of fused-ring (bicyclic) bond motifs is 1. The van der Waals surface area contributed by atoms with Crippen LogP contribution in [0.5, 0.6) is 0 Å². The molecule has 1 saturated heterocycles. The van der Waals surface area contributed by atoms with Gasteiger partial charge in [0.25, 0.3) is 0 Å². The van der Waals surface area contributed by atoms with Crippen molar-refractivity contribution in [2.24, 2.45) is 0 Å². The Hall–Kier alpha value is -1.76. The lowest BCUT2D eigenvalue weighted by atomic mass is 10.00. The maximum atomic E-state index is 12.7. The third-order valence-electron chi connectivity index (χ3n) is 4.72. The van der Waals surface area contributed by atoms with E-state index in [1.807, 2.05) is 16.3 Å². The van der Waals surface area contributed by atoms with Crippen molar-refractivity contribution < 1.29 is 9.53 Å². The molecule has 2 aliphatic heterocycles. The summed E-state index contributed by atoms with van der Waals surface area (Å²) >= 11 is 1.61. The number of hydrogen-bond acceptors (Lipinski definition) is 5. The lowest BCUT2D eigenvalue weighted by Gasteiger charge is -2.34. The van der Waals surface area contributed by atoms with Crippen LogP contribution >= 0.6 is 11.3 Å². The number of hydrogen-bond donors (Lipinski definition) is 0. The molecule has 2 aliphatic rings. The van der Waals surface area contributed by atoms with Crippen molar-refractivity contribution in [3.63, 3.8) is 0 Å². The summed E-state index contributed by atoms with van der Waals surface area (Å²) in [5.74, 6) is 0.212. The van der Waals surface area contributed by atoms with Crippen LogP contribution in [0.4, 0.5) is 0 Å². The molecule has 126 valence electrons. The highest BCUT2D eigenvalue weighted by molar-refractivity contribution is 7.09. The zero-order valence-corrected chi connectivity index (χ0v) is 14.4. The minimum absolute atomic E-state index is 0.00590. The second-order valence-corrected chi connectivity index (χ2v) is 7.23. The van der Waals surface area contributed by atoms with Crippen molar-refractivity contribution in [2.75, 3.05) is 32.8 Å². The van der Waals surface area contributed by atoms with Crippen molar-refractivity contribution in [3.8, 4) is 0 Å². The summed E-state index contributed by atoms with van der Waals surface area (Å²) in [5, 5.41) is 2.97. The van der Waals surface area contributed by atoms with E-state index in [1.54, 1.807) is 17.5 Å². The standard InChI is InChI=1S/C18H21N3O2S/c22-17(21-7-5-14-3-1-2-4-15(14)11-21)13-20-8-9-23-16(12-20)18-19-6-10-24-18/h1-4,6,10,16H,5,7-9,11-13H2/t16-/m0/s1. The first kappa shape index (κ1) is 15.7. The van der Waals surface area contributed by atoms with E-state index in [1.165, 1.54) is 11.1 Å². The lowest BCUT2D eigenvalue weighted by molar-refractivity contribution is -0.135. The molecular formula is C18H21N3O2S.